The summed E-state index contributed by atoms with van der Waals surface area (Å²) in [6, 6.07) is -0.895. The lowest BCUT2D eigenvalue weighted by Gasteiger charge is -2.27. The van der Waals surface area contributed by atoms with Crippen molar-refractivity contribution < 1.29 is 19.4 Å². The van der Waals surface area contributed by atoms with Gasteiger partial charge in [0.2, 0.25) is 0 Å². The van der Waals surface area contributed by atoms with Crippen molar-refractivity contribution in [2.75, 3.05) is 26.7 Å². The van der Waals surface area contributed by atoms with Crippen LogP contribution in [0.2, 0.25) is 0 Å². The first-order chi connectivity index (χ1) is 9.56. The maximum Gasteiger partial charge on any atom is 0.326 e. The third-order valence-corrected chi connectivity index (χ3v) is 4.38. The Labute approximate surface area is 119 Å². The summed E-state index contributed by atoms with van der Waals surface area (Å²) in [6.07, 6.45) is 3.49. The highest BCUT2D eigenvalue weighted by atomic mass is 16.5. The number of carbonyl (C=O) groups excluding carboxylic acids is 1. The van der Waals surface area contributed by atoms with Crippen molar-refractivity contribution in [3.8, 4) is 0 Å². The van der Waals surface area contributed by atoms with Crippen molar-refractivity contribution in [3.63, 3.8) is 0 Å². The molecule has 2 amide bonds. The van der Waals surface area contributed by atoms with Crippen LogP contribution in [-0.4, -0.2) is 65.8 Å². The lowest BCUT2D eigenvalue weighted by Crippen LogP contribution is -2.47. The summed E-state index contributed by atoms with van der Waals surface area (Å²) in [5.74, 6) is -0.379. The van der Waals surface area contributed by atoms with E-state index in [1.165, 1.54) is 4.90 Å². The zero-order valence-electron chi connectivity index (χ0n) is 12.2. The third-order valence-electron chi connectivity index (χ3n) is 4.38. The first kappa shape index (κ1) is 15.1. The monoisotopic (exact) mass is 284 g/mol. The van der Waals surface area contributed by atoms with Crippen molar-refractivity contribution in [3.05, 3.63) is 0 Å². The fourth-order valence-corrected chi connectivity index (χ4v) is 3.25. The Kier molecular flexibility index (Phi) is 4.86. The van der Waals surface area contributed by atoms with E-state index in [9.17, 15) is 14.7 Å². The van der Waals surface area contributed by atoms with Gasteiger partial charge in [-0.15, -0.1) is 0 Å². The minimum absolute atomic E-state index is 0.143. The molecule has 1 N–H and O–H groups in total. The minimum Gasteiger partial charge on any atom is -0.480 e. The predicted molar refractivity (Wildman–Crippen MR) is 73.5 cm³/mol. The SMILES string of the molecule is CCCC1CCN(C(=O)N2CC(OC)CC2C(=O)O)C1. The summed E-state index contributed by atoms with van der Waals surface area (Å²) >= 11 is 0. The molecule has 0 aromatic heterocycles. The number of carbonyl (C=O) groups is 2. The molecule has 0 spiro atoms. The van der Waals surface area contributed by atoms with E-state index in [0.29, 0.717) is 18.9 Å². The van der Waals surface area contributed by atoms with Gasteiger partial charge in [0, 0.05) is 33.2 Å². The van der Waals surface area contributed by atoms with Crippen LogP contribution in [0.25, 0.3) is 0 Å². The van der Waals surface area contributed by atoms with Crippen molar-refractivity contribution in [1.29, 1.82) is 0 Å². The molecule has 2 heterocycles. The predicted octanol–water partition coefficient (Wildman–Crippen LogP) is 1.40. The number of amides is 2. The van der Waals surface area contributed by atoms with Gasteiger partial charge in [-0.2, -0.15) is 0 Å². The highest BCUT2D eigenvalue weighted by Gasteiger charge is 2.42. The lowest BCUT2D eigenvalue weighted by atomic mass is 10.0. The molecular weight excluding hydrogens is 260 g/mol. The molecule has 2 aliphatic rings. The van der Waals surface area contributed by atoms with Crippen LogP contribution >= 0.6 is 0 Å². The molecule has 6 heteroatoms. The van der Waals surface area contributed by atoms with E-state index in [2.05, 4.69) is 6.92 Å². The average molecular weight is 284 g/mol. The van der Waals surface area contributed by atoms with E-state index >= 15 is 0 Å². The molecule has 0 aliphatic carbocycles. The summed E-state index contributed by atoms with van der Waals surface area (Å²) in [5, 5.41) is 9.26. The topological polar surface area (TPSA) is 70.1 Å². The number of nitrogens with zero attached hydrogens (tertiary/aromatic N) is 2. The first-order valence-corrected chi connectivity index (χ1v) is 7.38. The molecule has 3 unspecified atom stereocenters. The van der Waals surface area contributed by atoms with Gasteiger partial charge in [0.25, 0.3) is 0 Å². The molecule has 0 aromatic rings. The number of aliphatic carboxylic acids is 1. The largest absolute Gasteiger partial charge is 0.480 e. The molecule has 0 aromatic carbocycles. The number of ether oxygens (including phenoxy) is 1. The van der Waals surface area contributed by atoms with Gasteiger partial charge in [-0.05, 0) is 18.8 Å². The van der Waals surface area contributed by atoms with Gasteiger partial charge in [0.1, 0.15) is 6.04 Å². The average Bonchev–Trinajstić information content (AvgIpc) is 3.04. The second-order valence-electron chi connectivity index (χ2n) is 5.77. The Morgan fingerprint density at radius 1 is 1.35 bits per heavy atom. The molecule has 2 fully saturated rings. The number of hydrogen-bond donors (Lipinski definition) is 1. The maximum absolute atomic E-state index is 12.5. The molecule has 20 heavy (non-hydrogen) atoms. The van der Waals surface area contributed by atoms with Gasteiger partial charge >= 0.3 is 12.0 Å². The Balaban J connectivity index is 1.99. The molecule has 2 rings (SSSR count). The zero-order chi connectivity index (χ0) is 14.7. The summed E-state index contributed by atoms with van der Waals surface area (Å²) < 4.78 is 5.22. The highest BCUT2D eigenvalue weighted by molar-refractivity contribution is 5.83. The first-order valence-electron chi connectivity index (χ1n) is 7.38. The van der Waals surface area contributed by atoms with Gasteiger partial charge in [-0.3, -0.25) is 0 Å². The van der Waals surface area contributed by atoms with Gasteiger partial charge in [0.15, 0.2) is 0 Å². The number of hydrogen-bond acceptors (Lipinski definition) is 3. The maximum atomic E-state index is 12.5. The lowest BCUT2D eigenvalue weighted by molar-refractivity contribution is -0.141. The van der Waals surface area contributed by atoms with Crippen LogP contribution in [0.4, 0.5) is 4.79 Å². The van der Waals surface area contributed by atoms with Crippen LogP contribution in [-0.2, 0) is 9.53 Å². The van der Waals surface area contributed by atoms with E-state index in [-0.39, 0.29) is 12.1 Å². The molecular formula is C14H24N2O4. The number of carboxylic acid groups (broad SMARTS) is 1. The van der Waals surface area contributed by atoms with Crippen LogP contribution in [0, 0.1) is 5.92 Å². The quantitative estimate of drug-likeness (QED) is 0.847. The molecule has 3 atom stereocenters. The Bertz CT molecular complexity index is 374. The fraction of sp³-hybridized carbons (Fsp3) is 0.857. The van der Waals surface area contributed by atoms with Gasteiger partial charge < -0.3 is 19.6 Å². The Morgan fingerprint density at radius 2 is 2.10 bits per heavy atom. The summed E-state index contributed by atoms with van der Waals surface area (Å²) in [6.45, 7) is 4.02. The second kappa shape index (κ2) is 6.43. The second-order valence-corrected chi connectivity index (χ2v) is 5.77. The minimum atomic E-state index is -0.942. The van der Waals surface area contributed by atoms with Crippen molar-refractivity contribution in [2.45, 2.75) is 44.8 Å². The Morgan fingerprint density at radius 3 is 2.70 bits per heavy atom. The van der Waals surface area contributed by atoms with E-state index in [1.807, 2.05) is 0 Å². The summed E-state index contributed by atoms with van der Waals surface area (Å²) in [5.41, 5.74) is 0. The van der Waals surface area contributed by atoms with E-state index in [4.69, 9.17) is 4.74 Å². The normalized spacial score (nSPS) is 30.0. The van der Waals surface area contributed by atoms with Gasteiger partial charge in [-0.25, -0.2) is 9.59 Å². The van der Waals surface area contributed by atoms with Crippen molar-refractivity contribution >= 4 is 12.0 Å². The van der Waals surface area contributed by atoms with Gasteiger partial charge in [0.05, 0.1) is 6.10 Å². The highest BCUT2D eigenvalue weighted by Crippen LogP contribution is 2.26. The fourth-order valence-electron chi connectivity index (χ4n) is 3.25. The summed E-state index contributed by atoms with van der Waals surface area (Å²) in [4.78, 5) is 27.1. The van der Waals surface area contributed by atoms with Crippen LogP contribution in [0.3, 0.4) is 0 Å². The third kappa shape index (κ3) is 3.06. The zero-order valence-corrected chi connectivity index (χ0v) is 12.2. The van der Waals surface area contributed by atoms with Crippen LogP contribution in [0.1, 0.15) is 32.6 Å². The molecule has 6 nitrogen and oxygen atoms in total. The van der Waals surface area contributed by atoms with E-state index < -0.39 is 12.0 Å². The number of carboxylic acids is 1. The number of rotatable bonds is 4. The Hall–Kier alpha value is -1.30. The van der Waals surface area contributed by atoms with Crippen molar-refractivity contribution in [2.24, 2.45) is 5.92 Å². The van der Waals surface area contributed by atoms with Crippen LogP contribution < -0.4 is 0 Å². The van der Waals surface area contributed by atoms with Gasteiger partial charge in [-0.1, -0.05) is 13.3 Å². The van der Waals surface area contributed by atoms with Crippen LogP contribution in [0.5, 0.6) is 0 Å². The molecule has 2 saturated heterocycles. The van der Waals surface area contributed by atoms with Crippen molar-refractivity contribution in [1.82, 2.24) is 9.80 Å². The molecule has 0 bridgehead atoms. The standard InChI is InChI=1S/C14H24N2O4/c1-3-4-10-5-6-15(8-10)14(19)16-9-11(20-2)7-12(16)13(17)18/h10-12H,3-9H2,1-2H3,(H,17,18). The van der Waals surface area contributed by atoms with Crippen LogP contribution in [0.15, 0.2) is 0 Å². The molecule has 0 radical (unpaired) electrons. The molecule has 2 aliphatic heterocycles. The smallest absolute Gasteiger partial charge is 0.326 e. The number of methoxy groups -OCH3 is 1. The van der Waals surface area contributed by atoms with E-state index in [0.717, 1.165) is 32.4 Å². The number of urea groups is 1. The van der Waals surface area contributed by atoms with E-state index in [1.54, 1.807) is 12.0 Å². The molecule has 114 valence electrons. The summed E-state index contributed by atoms with van der Waals surface area (Å²) in [7, 11) is 1.56. The number of likely N-dealkylation sites (tertiary alicyclic amines) is 2. The molecule has 0 saturated carbocycles.